The number of piperazine rings is 1. The average molecular weight is 368 g/mol. The highest BCUT2D eigenvalue weighted by atomic mass is 16.2. The van der Waals surface area contributed by atoms with E-state index in [1.54, 1.807) is 4.90 Å². The van der Waals surface area contributed by atoms with E-state index in [9.17, 15) is 14.4 Å². The third-order valence-electron chi connectivity index (χ3n) is 5.56. The van der Waals surface area contributed by atoms with Gasteiger partial charge in [0, 0.05) is 56.7 Å². The molecule has 1 unspecified atom stereocenters. The second-order valence-corrected chi connectivity index (χ2v) is 7.32. The van der Waals surface area contributed by atoms with E-state index in [4.69, 9.17) is 0 Å². The summed E-state index contributed by atoms with van der Waals surface area (Å²) < 4.78 is 2.05. The summed E-state index contributed by atoms with van der Waals surface area (Å²) in [6.45, 7) is 2.12. The van der Waals surface area contributed by atoms with Crippen LogP contribution >= 0.6 is 0 Å². The molecule has 1 aromatic heterocycles. The predicted molar refractivity (Wildman–Crippen MR) is 101 cm³/mol. The maximum Gasteiger partial charge on any atom is 0.245 e. The van der Waals surface area contributed by atoms with Crippen LogP contribution in [-0.4, -0.2) is 64.3 Å². The molecule has 2 fully saturated rings. The van der Waals surface area contributed by atoms with Gasteiger partial charge in [0.1, 0.15) is 6.04 Å². The van der Waals surface area contributed by atoms with E-state index in [0.717, 1.165) is 16.5 Å². The lowest BCUT2D eigenvalue weighted by Crippen LogP contribution is -2.54. The van der Waals surface area contributed by atoms with Crippen molar-refractivity contribution in [3.8, 4) is 0 Å². The topological polar surface area (TPSA) is 74.7 Å². The third kappa shape index (κ3) is 3.41. The smallest absolute Gasteiger partial charge is 0.245 e. The summed E-state index contributed by atoms with van der Waals surface area (Å²) in [6, 6.07) is 7.69. The fourth-order valence-corrected chi connectivity index (χ4v) is 4.04. The molecule has 2 aliphatic rings. The van der Waals surface area contributed by atoms with Gasteiger partial charge in [-0.05, 0) is 18.1 Å². The number of hydrogen-bond acceptors (Lipinski definition) is 3. The first-order valence-electron chi connectivity index (χ1n) is 9.42. The van der Waals surface area contributed by atoms with Gasteiger partial charge >= 0.3 is 0 Å². The minimum absolute atomic E-state index is 0.0259. The van der Waals surface area contributed by atoms with Crippen LogP contribution in [0, 0.1) is 0 Å². The number of benzene rings is 1. The average Bonchev–Trinajstić information content (AvgIpc) is 3.25. The SMILES string of the molecule is Cn1cc(CC(=O)N2CCN(C(=O)C3CCC(=O)N3)CC2)c2ccccc21. The lowest BCUT2D eigenvalue weighted by atomic mass is 10.1. The van der Waals surface area contributed by atoms with Crippen LogP contribution in [0.15, 0.2) is 30.5 Å². The Kier molecular flexibility index (Phi) is 4.59. The molecular weight excluding hydrogens is 344 g/mol. The Balaban J connectivity index is 1.36. The maximum absolute atomic E-state index is 12.8. The van der Waals surface area contributed by atoms with Crippen molar-refractivity contribution in [2.24, 2.45) is 7.05 Å². The van der Waals surface area contributed by atoms with Gasteiger partial charge in [0.2, 0.25) is 17.7 Å². The fourth-order valence-electron chi connectivity index (χ4n) is 4.04. The molecule has 0 aliphatic carbocycles. The molecule has 1 aromatic carbocycles. The molecule has 3 amide bonds. The van der Waals surface area contributed by atoms with Crippen LogP contribution in [0.1, 0.15) is 18.4 Å². The molecule has 3 heterocycles. The van der Waals surface area contributed by atoms with E-state index in [-0.39, 0.29) is 17.7 Å². The van der Waals surface area contributed by atoms with Gasteiger partial charge in [-0.3, -0.25) is 14.4 Å². The molecule has 7 heteroatoms. The number of para-hydroxylation sites is 1. The van der Waals surface area contributed by atoms with Crippen molar-refractivity contribution in [2.45, 2.75) is 25.3 Å². The fraction of sp³-hybridized carbons (Fsp3) is 0.450. The normalized spacial score (nSPS) is 20.2. The number of fused-ring (bicyclic) bond motifs is 1. The number of nitrogens with one attached hydrogen (secondary N) is 1. The van der Waals surface area contributed by atoms with Crippen molar-refractivity contribution in [1.82, 2.24) is 19.7 Å². The summed E-state index contributed by atoms with van der Waals surface area (Å²) in [4.78, 5) is 40.1. The Morgan fingerprint density at radius 1 is 1.11 bits per heavy atom. The van der Waals surface area contributed by atoms with Crippen molar-refractivity contribution >= 4 is 28.6 Å². The number of carbonyl (C=O) groups excluding carboxylic acids is 3. The van der Waals surface area contributed by atoms with E-state index < -0.39 is 6.04 Å². The standard InChI is InChI=1S/C20H24N4O3/c1-22-13-14(15-4-2-3-5-17(15)22)12-19(26)23-8-10-24(11-9-23)20(27)16-6-7-18(25)21-16/h2-5,13,16H,6-12H2,1H3,(H,21,25). The van der Waals surface area contributed by atoms with Crippen LogP contribution in [0.3, 0.4) is 0 Å². The highest BCUT2D eigenvalue weighted by molar-refractivity contribution is 5.91. The Hall–Kier alpha value is -2.83. The number of aryl methyl sites for hydroxylation is 1. The van der Waals surface area contributed by atoms with Gasteiger partial charge in [0.25, 0.3) is 0 Å². The molecular formula is C20H24N4O3. The first-order chi connectivity index (χ1) is 13.0. The number of hydrogen-bond donors (Lipinski definition) is 1. The lowest BCUT2D eigenvalue weighted by Gasteiger charge is -2.36. The molecule has 2 aromatic rings. The molecule has 27 heavy (non-hydrogen) atoms. The van der Waals surface area contributed by atoms with E-state index >= 15 is 0 Å². The van der Waals surface area contributed by atoms with Crippen LogP contribution < -0.4 is 5.32 Å². The number of nitrogens with zero attached hydrogens (tertiary/aromatic N) is 3. The highest BCUT2D eigenvalue weighted by Crippen LogP contribution is 2.21. The van der Waals surface area contributed by atoms with Gasteiger partial charge in [-0.2, -0.15) is 0 Å². The summed E-state index contributed by atoms with van der Waals surface area (Å²) >= 11 is 0. The molecule has 0 radical (unpaired) electrons. The molecule has 142 valence electrons. The molecule has 4 rings (SSSR count). The molecule has 2 aliphatic heterocycles. The Morgan fingerprint density at radius 3 is 2.52 bits per heavy atom. The maximum atomic E-state index is 12.8. The van der Waals surface area contributed by atoms with Gasteiger partial charge in [-0.15, -0.1) is 0 Å². The molecule has 2 saturated heterocycles. The zero-order chi connectivity index (χ0) is 19.0. The number of aromatic nitrogens is 1. The molecule has 0 saturated carbocycles. The number of rotatable bonds is 3. The molecule has 7 nitrogen and oxygen atoms in total. The summed E-state index contributed by atoms with van der Waals surface area (Å²) in [7, 11) is 1.99. The monoisotopic (exact) mass is 368 g/mol. The van der Waals surface area contributed by atoms with Crippen molar-refractivity contribution < 1.29 is 14.4 Å². The predicted octanol–water partition coefficient (Wildman–Crippen LogP) is 0.670. The van der Waals surface area contributed by atoms with Crippen LogP contribution in [-0.2, 0) is 27.9 Å². The van der Waals surface area contributed by atoms with Gasteiger partial charge < -0.3 is 19.7 Å². The van der Waals surface area contributed by atoms with E-state index in [1.165, 1.54) is 0 Å². The minimum atomic E-state index is -0.393. The minimum Gasteiger partial charge on any atom is -0.350 e. The second kappa shape index (κ2) is 7.06. The van der Waals surface area contributed by atoms with E-state index in [2.05, 4.69) is 11.4 Å². The summed E-state index contributed by atoms with van der Waals surface area (Å²) in [6.07, 6.45) is 3.37. The first kappa shape index (κ1) is 17.6. The Morgan fingerprint density at radius 2 is 1.81 bits per heavy atom. The van der Waals surface area contributed by atoms with Crippen molar-refractivity contribution in [2.75, 3.05) is 26.2 Å². The second-order valence-electron chi connectivity index (χ2n) is 7.32. The third-order valence-corrected chi connectivity index (χ3v) is 5.56. The van der Waals surface area contributed by atoms with Crippen LogP contribution in [0.4, 0.5) is 0 Å². The van der Waals surface area contributed by atoms with Crippen molar-refractivity contribution in [1.29, 1.82) is 0 Å². The molecule has 1 N–H and O–H groups in total. The summed E-state index contributed by atoms with van der Waals surface area (Å²) in [5.74, 6) is 0.00637. The Labute approximate surface area is 157 Å². The Bertz CT molecular complexity index is 896. The van der Waals surface area contributed by atoms with Gasteiger partial charge in [0.05, 0.1) is 6.42 Å². The molecule has 0 spiro atoms. The first-order valence-corrected chi connectivity index (χ1v) is 9.42. The zero-order valence-corrected chi connectivity index (χ0v) is 15.5. The van der Waals surface area contributed by atoms with E-state index in [1.807, 2.05) is 40.9 Å². The van der Waals surface area contributed by atoms with Crippen molar-refractivity contribution in [3.63, 3.8) is 0 Å². The van der Waals surface area contributed by atoms with Crippen LogP contribution in [0.2, 0.25) is 0 Å². The van der Waals surface area contributed by atoms with E-state index in [0.29, 0.717) is 45.4 Å². The lowest BCUT2D eigenvalue weighted by molar-refractivity contribution is -0.140. The van der Waals surface area contributed by atoms with Crippen LogP contribution in [0.25, 0.3) is 10.9 Å². The zero-order valence-electron chi connectivity index (χ0n) is 15.5. The molecule has 1 atom stereocenters. The number of amides is 3. The molecule has 0 bridgehead atoms. The number of carbonyl (C=O) groups is 3. The van der Waals surface area contributed by atoms with Gasteiger partial charge in [-0.1, -0.05) is 18.2 Å². The van der Waals surface area contributed by atoms with Gasteiger partial charge in [-0.25, -0.2) is 0 Å². The van der Waals surface area contributed by atoms with Crippen LogP contribution in [0.5, 0.6) is 0 Å². The van der Waals surface area contributed by atoms with Crippen molar-refractivity contribution in [3.05, 3.63) is 36.0 Å². The summed E-state index contributed by atoms with van der Waals surface area (Å²) in [5, 5.41) is 3.83. The largest absolute Gasteiger partial charge is 0.350 e. The highest BCUT2D eigenvalue weighted by Gasteiger charge is 2.33. The summed E-state index contributed by atoms with van der Waals surface area (Å²) in [5.41, 5.74) is 2.15. The quantitative estimate of drug-likeness (QED) is 0.865. The van der Waals surface area contributed by atoms with Gasteiger partial charge in [0.15, 0.2) is 0 Å².